The topological polar surface area (TPSA) is 87.4 Å². The Labute approximate surface area is 158 Å². The van der Waals surface area contributed by atoms with E-state index in [0.29, 0.717) is 25.6 Å². The number of aliphatic carboxylic acids is 1. The third kappa shape index (κ3) is 2.88. The number of likely N-dealkylation sites (tertiary alicyclic amines) is 1. The van der Waals surface area contributed by atoms with Gasteiger partial charge < -0.3 is 10.0 Å². The van der Waals surface area contributed by atoms with Gasteiger partial charge in [0, 0.05) is 68.8 Å². The van der Waals surface area contributed by atoms with Crippen molar-refractivity contribution in [2.45, 2.75) is 33.9 Å². The summed E-state index contributed by atoms with van der Waals surface area (Å²) in [5, 5.41) is 14.7. The maximum absolute atomic E-state index is 12.3. The molecule has 0 aromatic carbocycles. The molecule has 2 atom stereocenters. The summed E-state index contributed by atoms with van der Waals surface area (Å²) in [7, 11) is 0. The van der Waals surface area contributed by atoms with Crippen LogP contribution in [0.1, 0.15) is 23.9 Å². The zero-order chi connectivity index (χ0) is 19.2. The second-order valence-corrected chi connectivity index (χ2v) is 7.72. The fourth-order valence-corrected chi connectivity index (χ4v) is 4.69. The van der Waals surface area contributed by atoms with Crippen molar-refractivity contribution in [3.05, 3.63) is 35.4 Å². The summed E-state index contributed by atoms with van der Waals surface area (Å²) in [5.41, 5.74) is 2.67. The molecule has 0 saturated carbocycles. The van der Waals surface area contributed by atoms with Crippen LogP contribution in [-0.4, -0.2) is 61.9 Å². The Kier molecular flexibility index (Phi) is 4.38. The molecule has 2 aliphatic heterocycles. The van der Waals surface area contributed by atoms with Gasteiger partial charge in [0.15, 0.2) is 0 Å². The van der Waals surface area contributed by atoms with E-state index in [1.807, 2.05) is 16.5 Å². The molecule has 4 rings (SSSR count). The largest absolute Gasteiger partial charge is 0.481 e. The standard InChI is InChI=1S/C19H26N6O2/c1-4-25-14(3)16(13(2)22-25)10-23-8-15-9-24(18-20-6-5-7-21-18)12-19(15,11-23)17(26)27/h5-7,15H,4,8-12H2,1-3H3,(H,26,27)/t15-,19-/m0/s1. The van der Waals surface area contributed by atoms with Gasteiger partial charge in [-0.05, 0) is 26.8 Å². The second kappa shape index (κ2) is 6.60. The van der Waals surface area contributed by atoms with Gasteiger partial charge in [-0.2, -0.15) is 5.10 Å². The van der Waals surface area contributed by atoms with Crippen LogP contribution in [0.3, 0.4) is 0 Å². The van der Waals surface area contributed by atoms with Crippen LogP contribution in [-0.2, 0) is 17.9 Å². The van der Waals surface area contributed by atoms with Gasteiger partial charge in [0.05, 0.1) is 5.69 Å². The molecule has 0 amide bonds. The molecule has 8 heteroatoms. The molecule has 0 spiro atoms. The maximum Gasteiger partial charge on any atom is 0.313 e. The summed E-state index contributed by atoms with van der Waals surface area (Å²) in [5.74, 6) is -0.0262. The molecule has 2 aromatic rings. The number of carboxylic acids is 1. The number of carboxylic acid groups (broad SMARTS) is 1. The molecule has 2 aliphatic rings. The van der Waals surface area contributed by atoms with Gasteiger partial charge in [-0.1, -0.05) is 0 Å². The van der Waals surface area contributed by atoms with E-state index in [4.69, 9.17) is 0 Å². The highest BCUT2D eigenvalue weighted by atomic mass is 16.4. The van der Waals surface area contributed by atoms with Crippen LogP contribution in [0.25, 0.3) is 0 Å². The SMILES string of the molecule is CCn1nc(C)c(CN2C[C@H]3CN(c4ncccn4)C[C@@]3(C(=O)O)C2)c1C. The molecule has 0 bridgehead atoms. The average molecular weight is 370 g/mol. The van der Waals surface area contributed by atoms with Crippen LogP contribution in [0.15, 0.2) is 18.5 Å². The zero-order valence-electron chi connectivity index (χ0n) is 16.1. The Morgan fingerprint density at radius 2 is 2.00 bits per heavy atom. The normalized spacial score (nSPS) is 25.1. The summed E-state index contributed by atoms with van der Waals surface area (Å²) in [4.78, 5) is 25.1. The Hall–Kier alpha value is -2.48. The number of anilines is 1. The first-order chi connectivity index (χ1) is 12.9. The molecule has 0 aliphatic carbocycles. The number of hydrogen-bond donors (Lipinski definition) is 1. The van der Waals surface area contributed by atoms with Gasteiger partial charge in [0.2, 0.25) is 5.95 Å². The van der Waals surface area contributed by atoms with Crippen molar-refractivity contribution in [1.29, 1.82) is 0 Å². The first-order valence-electron chi connectivity index (χ1n) is 9.45. The van der Waals surface area contributed by atoms with Crippen molar-refractivity contribution in [1.82, 2.24) is 24.6 Å². The molecule has 4 heterocycles. The summed E-state index contributed by atoms with van der Waals surface area (Å²) < 4.78 is 2.02. The Balaban J connectivity index is 1.54. The number of carbonyl (C=O) groups is 1. The molecule has 144 valence electrons. The van der Waals surface area contributed by atoms with Crippen molar-refractivity contribution in [2.75, 3.05) is 31.1 Å². The van der Waals surface area contributed by atoms with E-state index in [1.165, 1.54) is 11.3 Å². The number of nitrogens with zero attached hydrogens (tertiary/aromatic N) is 6. The fraction of sp³-hybridized carbons (Fsp3) is 0.579. The van der Waals surface area contributed by atoms with Gasteiger partial charge in [0.25, 0.3) is 0 Å². The highest BCUT2D eigenvalue weighted by molar-refractivity contribution is 5.78. The highest BCUT2D eigenvalue weighted by Gasteiger charge is 2.58. The first-order valence-corrected chi connectivity index (χ1v) is 9.45. The van der Waals surface area contributed by atoms with Crippen LogP contribution >= 0.6 is 0 Å². The molecule has 8 nitrogen and oxygen atoms in total. The lowest BCUT2D eigenvalue weighted by Crippen LogP contribution is -2.41. The summed E-state index contributed by atoms with van der Waals surface area (Å²) >= 11 is 0. The zero-order valence-corrected chi connectivity index (χ0v) is 16.1. The van der Waals surface area contributed by atoms with Crippen molar-refractivity contribution >= 4 is 11.9 Å². The minimum absolute atomic E-state index is 0.0700. The minimum Gasteiger partial charge on any atom is -0.481 e. The summed E-state index contributed by atoms with van der Waals surface area (Å²) in [6.45, 7) is 10.3. The molecule has 0 radical (unpaired) electrons. The molecular formula is C19H26N6O2. The Morgan fingerprint density at radius 3 is 2.59 bits per heavy atom. The van der Waals surface area contributed by atoms with Gasteiger partial charge in [-0.15, -0.1) is 0 Å². The molecular weight excluding hydrogens is 344 g/mol. The molecule has 2 aromatic heterocycles. The molecule has 2 fully saturated rings. The fourth-order valence-electron chi connectivity index (χ4n) is 4.69. The molecule has 2 saturated heterocycles. The first kappa shape index (κ1) is 17.9. The van der Waals surface area contributed by atoms with E-state index < -0.39 is 11.4 Å². The van der Waals surface area contributed by atoms with E-state index in [0.717, 1.165) is 25.3 Å². The minimum atomic E-state index is -0.762. The van der Waals surface area contributed by atoms with E-state index in [2.05, 4.69) is 33.8 Å². The van der Waals surface area contributed by atoms with Gasteiger partial charge in [-0.25, -0.2) is 9.97 Å². The molecule has 27 heavy (non-hydrogen) atoms. The Morgan fingerprint density at radius 1 is 1.26 bits per heavy atom. The third-order valence-corrected chi connectivity index (χ3v) is 6.15. The number of hydrogen-bond acceptors (Lipinski definition) is 6. The molecule has 0 unspecified atom stereocenters. The lowest BCUT2D eigenvalue weighted by Gasteiger charge is -2.25. The van der Waals surface area contributed by atoms with E-state index in [-0.39, 0.29) is 5.92 Å². The summed E-state index contributed by atoms with van der Waals surface area (Å²) in [6.07, 6.45) is 3.40. The van der Waals surface area contributed by atoms with Crippen molar-refractivity contribution in [3.63, 3.8) is 0 Å². The van der Waals surface area contributed by atoms with Crippen LogP contribution in [0.4, 0.5) is 5.95 Å². The van der Waals surface area contributed by atoms with Crippen LogP contribution < -0.4 is 4.90 Å². The van der Waals surface area contributed by atoms with E-state index in [1.54, 1.807) is 18.5 Å². The van der Waals surface area contributed by atoms with Crippen molar-refractivity contribution in [3.8, 4) is 0 Å². The lowest BCUT2D eigenvalue weighted by atomic mass is 9.81. The Bertz CT molecular complexity index is 851. The van der Waals surface area contributed by atoms with E-state index in [9.17, 15) is 9.90 Å². The monoisotopic (exact) mass is 370 g/mol. The molecule has 1 N–H and O–H groups in total. The van der Waals surface area contributed by atoms with Crippen LogP contribution in [0.5, 0.6) is 0 Å². The second-order valence-electron chi connectivity index (χ2n) is 7.72. The highest BCUT2D eigenvalue weighted by Crippen LogP contribution is 2.44. The van der Waals surface area contributed by atoms with E-state index >= 15 is 0 Å². The van der Waals surface area contributed by atoms with Gasteiger partial charge in [0.1, 0.15) is 5.41 Å². The van der Waals surface area contributed by atoms with Crippen LogP contribution in [0.2, 0.25) is 0 Å². The quantitative estimate of drug-likeness (QED) is 0.849. The number of fused-ring (bicyclic) bond motifs is 1. The average Bonchev–Trinajstić information content (AvgIpc) is 3.27. The lowest BCUT2D eigenvalue weighted by molar-refractivity contribution is -0.148. The number of aryl methyl sites for hydroxylation is 2. The van der Waals surface area contributed by atoms with Gasteiger partial charge >= 0.3 is 5.97 Å². The number of aromatic nitrogens is 4. The smallest absolute Gasteiger partial charge is 0.313 e. The van der Waals surface area contributed by atoms with Crippen molar-refractivity contribution < 1.29 is 9.90 Å². The predicted molar refractivity (Wildman–Crippen MR) is 100 cm³/mol. The summed E-state index contributed by atoms with van der Waals surface area (Å²) in [6, 6.07) is 1.77. The van der Waals surface area contributed by atoms with Crippen LogP contribution in [0, 0.1) is 25.2 Å². The maximum atomic E-state index is 12.3. The predicted octanol–water partition coefficient (Wildman–Crippen LogP) is 1.33. The third-order valence-electron chi connectivity index (χ3n) is 6.15. The van der Waals surface area contributed by atoms with Gasteiger partial charge in [-0.3, -0.25) is 14.4 Å². The van der Waals surface area contributed by atoms with Crippen molar-refractivity contribution in [2.24, 2.45) is 11.3 Å². The number of rotatable bonds is 5.